The lowest BCUT2D eigenvalue weighted by Gasteiger charge is -2.23. The molecule has 1 saturated heterocycles. The molecule has 0 saturated carbocycles. The first kappa shape index (κ1) is 21.9. The highest BCUT2D eigenvalue weighted by molar-refractivity contribution is 5.90. The van der Waals surface area contributed by atoms with Crippen LogP contribution >= 0.6 is 0 Å². The van der Waals surface area contributed by atoms with Crippen molar-refractivity contribution in [1.82, 2.24) is 14.9 Å². The molecule has 0 radical (unpaired) electrons. The predicted molar refractivity (Wildman–Crippen MR) is 137 cm³/mol. The minimum atomic E-state index is 0.705. The summed E-state index contributed by atoms with van der Waals surface area (Å²) in [5.74, 6) is 1.66. The van der Waals surface area contributed by atoms with E-state index in [9.17, 15) is 0 Å². The van der Waals surface area contributed by atoms with Crippen LogP contribution in [0.2, 0.25) is 0 Å². The minimum absolute atomic E-state index is 0.705. The normalized spacial score (nSPS) is 14.5. The lowest BCUT2D eigenvalue weighted by atomic mass is 10.1. The molecule has 170 valence electrons. The molecule has 1 aliphatic heterocycles. The molecule has 6 nitrogen and oxygen atoms in total. The Balaban J connectivity index is 1.31. The molecule has 1 fully saturated rings. The number of rotatable bonds is 6. The Labute approximate surface area is 200 Å². The number of para-hydroxylation sites is 1. The maximum atomic E-state index is 9.02. The molecule has 1 aromatic heterocycles. The van der Waals surface area contributed by atoms with Crippen LogP contribution in [-0.4, -0.2) is 41.0 Å². The van der Waals surface area contributed by atoms with Gasteiger partial charge in [0.1, 0.15) is 5.82 Å². The molecular formula is C28H28N6. The van der Waals surface area contributed by atoms with Crippen molar-refractivity contribution in [2.75, 3.05) is 36.4 Å². The summed E-state index contributed by atoms with van der Waals surface area (Å²) in [7, 11) is 0. The highest BCUT2D eigenvalue weighted by atomic mass is 15.3. The van der Waals surface area contributed by atoms with Crippen LogP contribution in [0, 0.1) is 11.3 Å². The number of hydrogen-bond acceptors (Lipinski definition) is 6. The van der Waals surface area contributed by atoms with E-state index in [2.05, 4.69) is 69.7 Å². The number of aromatic nitrogens is 2. The molecule has 0 bridgehead atoms. The van der Waals surface area contributed by atoms with Gasteiger partial charge in [0.05, 0.1) is 17.1 Å². The third-order valence-corrected chi connectivity index (χ3v) is 6.25. The van der Waals surface area contributed by atoms with Crippen molar-refractivity contribution in [2.24, 2.45) is 0 Å². The quantitative estimate of drug-likeness (QED) is 0.456. The molecule has 3 aromatic carbocycles. The number of fused-ring (bicyclic) bond motifs is 1. The van der Waals surface area contributed by atoms with Gasteiger partial charge in [0.15, 0.2) is 0 Å². The zero-order valence-electron chi connectivity index (χ0n) is 19.2. The van der Waals surface area contributed by atoms with E-state index in [1.807, 2.05) is 30.3 Å². The molecule has 0 spiro atoms. The van der Waals surface area contributed by atoms with E-state index in [4.69, 9.17) is 15.2 Å². The Hall–Kier alpha value is -3.95. The first-order chi connectivity index (χ1) is 16.8. The van der Waals surface area contributed by atoms with Crippen LogP contribution in [-0.2, 0) is 13.1 Å². The summed E-state index contributed by atoms with van der Waals surface area (Å²) < 4.78 is 0. The van der Waals surface area contributed by atoms with Gasteiger partial charge in [-0.05, 0) is 41.8 Å². The molecule has 0 atom stereocenters. The van der Waals surface area contributed by atoms with Gasteiger partial charge >= 0.3 is 0 Å². The van der Waals surface area contributed by atoms with Gasteiger partial charge in [0.2, 0.25) is 5.95 Å². The summed E-state index contributed by atoms with van der Waals surface area (Å²) in [5, 5.41) is 13.6. The number of nitrogens with zero attached hydrogens (tertiary/aromatic N) is 5. The summed E-state index contributed by atoms with van der Waals surface area (Å²) >= 11 is 0. The van der Waals surface area contributed by atoms with Crippen LogP contribution in [0.25, 0.3) is 10.9 Å². The van der Waals surface area contributed by atoms with Crippen molar-refractivity contribution in [2.45, 2.75) is 19.5 Å². The van der Waals surface area contributed by atoms with Crippen LogP contribution in [0.4, 0.5) is 11.8 Å². The average Bonchev–Trinajstić information content (AvgIpc) is 3.14. The molecule has 34 heavy (non-hydrogen) atoms. The summed E-state index contributed by atoms with van der Waals surface area (Å²) in [6.45, 7) is 5.40. The first-order valence-corrected chi connectivity index (χ1v) is 11.8. The average molecular weight is 449 g/mol. The van der Waals surface area contributed by atoms with E-state index in [0.717, 1.165) is 68.4 Å². The summed E-state index contributed by atoms with van der Waals surface area (Å²) in [5.41, 5.74) is 4.12. The van der Waals surface area contributed by atoms with Gasteiger partial charge in [0, 0.05) is 44.7 Å². The van der Waals surface area contributed by atoms with Crippen LogP contribution < -0.4 is 10.2 Å². The van der Waals surface area contributed by atoms with E-state index in [1.54, 1.807) is 0 Å². The molecule has 5 rings (SSSR count). The third-order valence-electron chi connectivity index (χ3n) is 6.25. The van der Waals surface area contributed by atoms with Crippen LogP contribution in [0.1, 0.15) is 23.1 Å². The molecule has 1 N–H and O–H groups in total. The van der Waals surface area contributed by atoms with Gasteiger partial charge in [-0.25, -0.2) is 4.98 Å². The predicted octanol–water partition coefficient (Wildman–Crippen LogP) is 4.83. The van der Waals surface area contributed by atoms with Gasteiger partial charge in [-0.2, -0.15) is 10.2 Å². The number of anilines is 2. The topological polar surface area (TPSA) is 68.1 Å². The third kappa shape index (κ3) is 5.16. The smallest absolute Gasteiger partial charge is 0.227 e. The number of nitrogens with one attached hydrogen (secondary N) is 1. The fourth-order valence-electron chi connectivity index (χ4n) is 4.39. The standard InChI is InChI=1S/C28H28N6/c29-19-22-11-13-24(14-12-22)21-33-15-6-16-34(18-17-33)28-31-26-10-5-4-9-25(26)27(32-28)30-20-23-7-2-1-3-8-23/h1-5,7-14H,6,15-18,20-21H2,(H,30,31,32). The van der Waals surface area contributed by atoms with Gasteiger partial charge in [-0.3, -0.25) is 4.90 Å². The molecule has 2 heterocycles. The lowest BCUT2D eigenvalue weighted by Crippen LogP contribution is -2.31. The van der Waals surface area contributed by atoms with Crippen LogP contribution in [0.5, 0.6) is 0 Å². The number of hydrogen-bond donors (Lipinski definition) is 1. The Morgan fingerprint density at radius 2 is 1.59 bits per heavy atom. The van der Waals surface area contributed by atoms with Crippen molar-refractivity contribution >= 4 is 22.7 Å². The zero-order chi connectivity index (χ0) is 23.2. The van der Waals surface area contributed by atoms with Crippen molar-refractivity contribution in [3.63, 3.8) is 0 Å². The number of benzene rings is 3. The Bertz CT molecular complexity index is 1280. The molecule has 1 aliphatic rings. The van der Waals surface area contributed by atoms with Crippen molar-refractivity contribution in [3.05, 3.63) is 95.6 Å². The highest BCUT2D eigenvalue weighted by Gasteiger charge is 2.19. The van der Waals surface area contributed by atoms with Gasteiger partial charge in [-0.1, -0.05) is 54.6 Å². The fraction of sp³-hybridized carbons (Fsp3) is 0.250. The van der Waals surface area contributed by atoms with Gasteiger partial charge in [0.25, 0.3) is 0 Å². The minimum Gasteiger partial charge on any atom is -0.365 e. The first-order valence-electron chi connectivity index (χ1n) is 11.8. The molecule has 0 amide bonds. The zero-order valence-corrected chi connectivity index (χ0v) is 19.2. The summed E-state index contributed by atoms with van der Waals surface area (Å²) in [6, 6.07) is 28.7. The van der Waals surface area contributed by atoms with Gasteiger partial charge < -0.3 is 10.2 Å². The molecule has 6 heteroatoms. The Morgan fingerprint density at radius 3 is 2.41 bits per heavy atom. The monoisotopic (exact) mass is 448 g/mol. The van der Waals surface area contributed by atoms with E-state index in [-0.39, 0.29) is 0 Å². The van der Waals surface area contributed by atoms with E-state index in [1.165, 1.54) is 11.1 Å². The summed E-state index contributed by atoms with van der Waals surface area (Å²) in [4.78, 5) is 14.6. The largest absolute Gasteiger partial charge is 0.365 e. The van der Waals surface area contributed by atoms with Crippen LogP contribution in [0.3, 0.4) is 0 Å². The molecular weight excluding hydrogens is 420 g/mol. The molecule has 0 unspecified atom stereocenters. The lowest BCUT2D eigenvalue weighted by molar-refractivity contribution is 0.285. The maximum Gasteiger partial charge on any atom is 0.227 e. The fourth-order valence-corrected chi connectivity index (χ4v) is 4.39. The van der Waals surface area contributed by atoms with E-state index in [0.29, 0.717) is 5.56 Å². The van der Waals surface area contributed by atoms with E-state index >= 15 is 0 Å². The second kappa shape index (κ2) is 10.3. The van der Waals surface area contributed by atoms with Crippen molar-refractivity contribution < 1.29 is 0 Å². The second-order valence-corrected chi connectivity index (χ2v) is 8.65. The second-order valence-electron chi connectivity index (χ2n) is 8.65. The van der Waals surface area contributed by atoms with Gasteiger partial charge in [-0.15, -0.1) is 0 Å². The number of nitriles is 1. The Morgan fingerprint density at radius 1 is 0.794 bits per heavy atom. The van der Waals surface area contributed by atoms with Crippen molar-refractivity contribution in [1.29, 1.82) is 5.26 Å². The Kier molecular flexibility index (Phi) is 6.64. The van der Waals surface area contributed by atoms with Crippen LogP contribution in [0.15, 0.2) is 78.9 Å². The SMILES string of the molecule is N#Cc1ccc(CN2CCCN(c3nc(NCc4ccccc4)c4ccccc4n3)CC2)cc1. The maximum absolute atomic E-state index is 9.02. The molecule has 0 aliphatic carbocycles. The highest BCUT2D eigenvalue weighted by Crippen LogP contribution is 2.25. The molecule has 4 aromatic rings. The summed E-state index contributed by atoms with van der Waals surface area (Å²) in [6.07, 6.45) is 1.05. The van der Waals surface area contributed by atoms with Crippen molar-refractivity contribution in [3.8, 4) is 6.07 Å². The van der Waals surface area contributed by atoms with E-state index < -0.39 is 0 Å².